The lowest BCUT2D eigenvalue weighted by atomic mass is 10.1. The number of nitrogens with one attached hydrogen (secondary N) is 1. The number of hydrogen-bond acceptors (Lipinski definition) is 3. The van der Waals surface area contributed by atoms with Crippen LogP contribution < -0.4 is 5.32 Å². The lowest BCUT2D eigenvalue weighted by molar-refractivity contribution is 0.0942. The van der Waals surface area contributed by atoms with Gasteiger partial charge < -0.3 is 10.4 Å². The molecule has 0 spiro atoms. The minimum absolute atomic E-state index is 0.117. The monoisotopic (exact) mass is 258 g/mol. The fourth-order valence-corrected chi connectivity index (χ4v) is 1.88. The number of carbonyl (C=O) groups excluding carboxylic acids is 1. The number of rotatable bonds is 5. The Balaban J connectivity index is 2.01. The van der Waals surface area contributed by atoms with E-state index < -0.39 is 0 Å². The normalized spacial score (nSPS) is 12.3. The Morgan fingerprint density at radius 3 is 3.05 bits per heavy atom. The van der Waals surface area contributed by atoms with E-state index in [-0.39, 0.29) is 12.0 Å². The van der Waals surface area contributed by atoms with Crippen molar-refractivity contribution >= 4 is 16.8 Å². The highest BCUT2D eigenvalue weighted by molar-refractivity contribution is 5.97. The number of amides is 1. The highest BCUT2D eigenvalue weighted by Gasteiger charge is 2.07. The molecular formula is C15H18N2O2. The van der Waals surface area contributed by atoms with Crippen molar-refractivity contribution in [1.82, 2.24) is 10.3 Å². The summed E-state index contributed by atoms with van der Waals surface area (Å²) in [6, 6.07) is 9.21. The highest BCUT2D eigenvalue weighted by Crippen LogP contribution is 2.13. The molecule has 0 aliphatic rings. The molecule has 0 saturated carbocycles. The number of benzene rings is 1. The average molecular weight is 258 g/mol. The largest absolute Gasteiger partial charge is 0.393 e. The van der Waals surface area contributed by atoms with Crippen molar-refractivity contribution in [2.24, 2.45) is 0 Å². The molecule has 0 aliphatic heterocycles. The van der Waals surface area contributed by atoms with Crippen molar-refractivity contribution in [2.75, 3.05) is 6.54 Å². The van der Waals surface area contributed by atoms with Crippen LogP contribution in [0.15, 0.2) is 36.5 Å². The maximum Gasteiger partial charge on any atom is 0.251 e. The third-order valence-corrected chi connectivity index (χ3v) is 3.10. The predicted octanol–water partition coefficient (Wildman–Crippen LogP) is 2.13. The van der Waals surface area contributed by atoms with Crippen LogP contribution in [0.1, 0.15) is 30.1 Å². The van der Waals surface area contributed by atoms with Crippen LogP contribution in [0.5, 0.6) is 0 Å². The molecule has 0 fully saturated rings. The molecule has 100 valence electrons. The van der Waals surface area contributed by atoms with Crippen LogP contribution in [0.2, 0.25) is 0 Å². The molecular weight excluding hydrogens is 240 g/mol. The first-order chi connectivity index (χ1) is 9.20. The third-order valence-electron chi connectivity index (χ3n) is 3.10. The van der Waals surface area contributed by atoms with Crippen LogP contribution in [0.3, 0.4) is 0 Å². The maximum absolute atomic E-state index is 11.9. The van der Waals surface area contributed by atoms with Gasteiger partial charge >= 0.3 is 0 Å². The van der Waals surface area contributed by atoms with Gasteiger partial charge in [0.2, 0.25) is 0 Å². The average Bonchev–Trinajstić information content (AvgIpc) is 2.46. The first-order valence-corrected chi connectivity index (χ1v) is 6.51. The minimum Gasteiger partial charge on any atom is -0.393 e. The first kappa shape index (κ1) is 13.5. The SMILES string of the molecule is CCC(O)CCNC(=O)c1ccc2ncccc2c1. The second-order valence-electron chi connectivity index (χ2n) is 4.52. The van der Waals surface area contributed by atoms with Crippen LogP contribution in [-0.2, 0) is 0 Å². The summed E-state index contributed by atoms with van der Waals surface area (Å²) in [5, 5.41) is 13.2. The van der Waals surface area contributed by atoms with Crippen LogP contribution in [0.25, 0.3) is 10.9 Å². The molecule has 4 nitrogen and oxygen atoms in total. The summed E-state index contributed by atoms with van der Waals surface area (Å²) in [6.07, 6.45) is 2.67. The number of aliphatic hydroxyl groups excluding tert-OH is 1. The van der Waals surface area contributed by atoms with E-state index in [0.717, 1.165) is 10.9 Å². The van der Waals surface area contributed by atoms with Crippen LogP contribution >= 0.6 is 0 Å². The molecule has 4 heteroatoms. The topological polar surface area (TPSA) is 62.2 Å². The van der Waals surface area contributed by atoms with Gasteiger partial charge in [0.05, 0.1) is 11.6 Å². The van der Waals surface area contributed by atoms with Gasteiger partial charge in [0.1, 0.15) is 0 Å². The molecule has 1 heterocycles. The number of pyridine rings is 1. The summed E-state index contributed by atoms with van der Waals surface area (Å²) in [5.74, 6) is -0.117. The summed E-state index contributed by atoms with van der Waals surface area (Å²) in [6.45, 7) is 2.40. The van der Waals surface area contributed by atoms with E-state index in [0.29, 0.717) is 24.9 Å². The van der Waals surface area contributed by atoms with E-state index in [1.807, 2.05) is 31.2 Å². The van der Waals surface area contributed by atoms with Crippen LogP contribution in [0, 0.1) is 0 Å². The van der Waals surface area contributed by atoms with Crippen molar-refractivity contribution in [3.8, 4) is 0 Å². The predicted molar refractivity (Wildman–Crippen MR) is 75.0 cm³/mol. The second-order valence-corrected chi connectivity index (χ2v) is 4.52. The molecule has 0 aliphatic carbocycles. The van der Waals surface area contributed by atoms with E-state index >= 15 is 0 Å². The highest BCUT2D eigenvalue weighted by atomic mass is 16.3. The second kappa shape index (κ2) is 6.29. The summed E-state index contributed by atoms with van der Waals surface area (Å²) < 4.78 is 0. The molecule has 1 amide bonds. The summed E-state index contributed by atoms with van der Waals surface area (Å²) in [5.41, 5.74) is 1.49. The Morgan fingerprint density at radius 2 is 2.26 bits per heavy atom. The zero-order valence-corrected chi connectivity index (χ0v) is 11.0. The van der Waals surface area contributed by atoms with Gasteiger partial charge in [-0.3, -0.25) is 9.78 Å². The zero-order chi connectivity index (χ0) is 13.7. The fraction of sp³-hybridized carbons (Fsp3) is 0.333. The Hall–Kier alpha value is -1.94. The zero-order valence-electron chi connectivity index (χ0n) is 11.0. The van der Waals surface area contributed by atoms with Crippen molar-refractivity contribution in [3.05, 3.63) is 42.1 Å². The van der Waals surface area contributed by atoms with E-state index in [4.69, 9.17) is 0 Å². The Labute approximate surface area is 112 Å². The quantitative estimate of drug-likeness (QED) is 0.863. The summed E-state index contributed by atoms with van der Waals surface area (Å²) >= 11 is 0. The van der Waals surface area contributed by atoms with Crippen molar-refractivity contribution in [1.29, 1.82) is 0 Å². The Morgan fingerprint density at radius 1 is 1.42 bits per heavy atom. The van der Waals surface area contributed by atoms with Gasteiger partial charge in [-0.25, -0.2) is 0 Å². The number of carbonyl (C=O) groups is 1. The maximum atomic E-state index is 11.9. The fourth-order valence-electron chi connectivity index (χ4n) is 1.88. The molecule has 1 aromatic heterocycles. The van der Waals surface area contributed by atoms with E-state index in [9.17, 15) is 9.90 Å². The van der Waals surface area contributed by atoms with Crippen molar-refractivity contribution in [2.45, 2.75) is 25.9 Å². The molecule has 1 aromatic carbocycles. The van der Waals surface area contributed by atoms with Gasteiger partial charge in [-0.05, 0) is 37.1 Å². The van der Waals surface area contributed by atoms with E-state index in [2.05, 4.69) is 10.3 Å². The molecule has 19 heavy (non-hydrogen) atoms. The first-order valence-electron chi connectivity index (χ1n) is 6.51. The smallest absolute Gasteiger partial charge is 0.251 e. The Kier molecular flexibility index (Phi) is 4.47. The van der Waals surface area contributed by atoms with Crippen molar-refractivity contribution in [3.63, 3.8) is 0 Å². The molecule has 2 N–H and O–H groups in total. The Bertz CT molecular complexity index is 569. The number of nitrogens with zero attached hydrogens (tertiary/aromatic N) is 1. The molecule has 2 rings (SSSR count). The minimum atomic E-state index is -0.346. The van der Waals surface area contributed by atoms with Crippen LogP contribution in [0.4, 0.5) is 0 Å². The molecule has 1 unspecified atom stereocenters. The number of aromatic nitrogens is 1. The van der Waals surface area contributed by atoms with Gasteiger partial charge in [0.25, 0.3) is 5.91 Å². The molecule has 1 atom stereocenters. The number of fused-ring (bicyclic) bond motifs is 1. The van der Waals surface area contributed by atoms with Crippen molar-refractivity contribution < 1.29 is 9.90 Å². The molecule has 0 saturated heterocycles. The van der Waals surface area contributed by atoms with E-state index in [1.54, 1.807) is 12.3 Å². The molecule has 0 bridgehead atoms. The van der Waals surface area contributed by atoms with Gasteiger partial charge in [-0.15, -0.1) is 0 Å². The van der Waals surface area contributed by atoms with Gasteiger partial charge in [0.15, 0.2) is 0 Å². The lowest BCUT2D eigenvalue weighted by Gasteiger charge is -2.09. The standard InChI is InChI=1S/C15H18N2O2/c1-2-13(18)7-9-17-15(19)12-5-6-14-11(10-12)4-3-8-16-14/h3-6,8,10,13,18H,2,7,9H2,1H3,(H,17,19). The van der Waals surface area contributed by atoms with Gasteiger partial charge in [0, 0.05) is 23.7 Å². The van der Waals surface area contributed by atoms with Gasteiger partial charge in [-0.1, -0.05) is 13.0 Å². The number of hydrogen-bond donors (Lipinski definition) is 2. The molecule has 0 radical (unpaired) electrons. The van der Waals surface area contributed by atoms with Gasteiger partial charge in [-0.2, -0.15) is 0 Å². The van der Waals surface area contributed by atoms with E-state index in [1.165, 1.54) is 0 Å². The lowest BCUT2D eigenvalue weighted by Crippen LogP contribution is -2.26. The molecule has 2 aromatic rings. The summed E-state index contributed by atoms with van der Waals surface area (Å²) in [4.78, 5) is 16.2. The summed E-state index contributed by atoms with van der Waals surface area (Å²) in [7, 11) is 0. The third kappa shape index (κ3) is 3.51. The van der Waals surface area contributed by atoms with Crippen LogP contribution in [-0.4, -0.2) is 28.6 Å². The number of aliphatic hydroxyl groups is 1.